The van der Waals surface area contributed by atoms with E-state index in [4.69, 9.17) is 4.74 Å². The summed E-state index contributed by atoms with van der Waals surface area (Å²) in [6.07, 6.45) is 6.18. The zero-order chi connectivity index (χ0) is 14.3. The maximum absolute atomic E-state index is 11.1. The average molecular weight is 281 g/mol. The molecule has 0 aromatic heterocycles. The summed E-state index contributed by atoms with van der Waals surface area (Å²) in [6.45, 7) is 13.5. The van der Waals surface area contributed by atoms with Gasteiger partial charge in [0.15, 0.2) is 0 Å². The minimum atomic E-state index is -0.173. The Morgan fingerprint density at radius 2 is 2.05 bits per heavy atom. The van der Waals surface area contributed by atoms with Crippen LogP contribution in [0.4, 0.5) is 0 Å². The number of hydrogen-bond acceptors (Lipinski definition) is 2. The molecule has 2 saturated carbocycles. The van der Waals surface area contributed by atoms with Gasteiger partial charge in [-0.3, -0.25) is 4.79 Å². The molecule has 2 heteroatoms. The van der Waals surface area contributed by atoms with E-state index in [2.05, 4.69) is 27.4 Å². The van der Waals surface area contributed by atoms with E-state index in [1.807, 2.05) is 0 Å². The molecule has 0 amide bonds. The third-order valence-corrected chi connectivity index (χ3v) is 5.77. The summed E-state index contributed by atoms with van der Waals surface area (Å²) in [4.78, 5) is 11.1. The lowest BCUT2D eigenvalue weighted by Gasteiger charge is -2.57. The highest BCUT2D eigenvalue weighted by molar-refractivity contribution is 5.65. The molecule has 0 saturated heterocycles. The van der Waals surface area contributed by atoms with Crippen LogP contribution in [0.25, 0.3) is 0 Å². The molecule has 2 fully saturated rings. The normalized spacial score (nSPS) is 37.6. The number of esters is 1. The molecule has 0 radical (unpaired) electrons. The van der Waals surface area contributed by atoms with E-state index >= 15 is 0 Å². The van der Waals surface area contributed by atoms with Crippen LogP contribution < -0.4 is 0 Å². The number of carbonyl (C=O) groups excluding carboxylic acids is 1. The van der Waals surface area contributed by atoms with Crippen LogP contribution >= 0.6 is 0 Å². The molecule has 0 aromatic rings. The molecule has 19 heavy (non-hydrogen) atoms. The summed E-state index contributed by atoms with van der Waals surface area (Å²) < 4.78 is 5.33. The number of ether oxygens (including phenoxy) is 1. The average Bonchev–Trinajstić information content (AvgIpc) is 2.26. The SMILES string of the molecule is [13CH2]=[13C]1[13CH2][13CH2][13CH]2[13C]([13CH3])([13CH3])[13CH2][13CH2][13CH2][13C]2([13CH3])[13CH]1[13CH2]O[13C]([13CH3])=O. The van der Waals surface area contributed by atoms with Gasteiger partial charge in [0.1, 0.15) is 0 Å². The first kappa shape index (κ1) is 14.6. The van der Waals surface area contributed by atoms with Gasteiger partial charge >= 0.3 is 5.97 Å². The Labute approximate surface area is 117 Å². The highest BCUT2D eigenvalue weighted by atomic mass is 16.7. The minimum absolute atomic E-state index is 0.173. The standard InChI is InChI=1S/C17H28O2/c1-12-7-8-15-16(3,4)9-6-10-17(15,5)14(12)11-19-13(2)18/h14-15H,1,6-11H2,2-5H3/i1+1,2+1,3+1,4+1,5+1,6+1,7+1,8+1,9+1,10+1,11+1,12+1,13+1,14+1,15+1,16+1,17+1. The zero-order valence-corrected chi connectivity index (χ0v) is 12.9. The third kappa shape index (κ3) is 2.59. The molecule has 0 aliphatic heterocycles. The quantitative estimate of drug-likeness (QED) is 0.427. The van der Waals surface area contributed by atoms with E-state index in [0.29, 0.717) is 17.9 Å². The van der Waals surface area contributed by atoms with Crippen molar-refractivity contribution in [3.63, 3.8) is 0 Å². The molecule has 2 rings (SSSR count). The Bertz CT molecular complexity index is 383. The van der Waals surface area contributed by atoms with Crippen molar-refractivity contribution in [1.82, 2.24) is 0 Å². The fourth-order valence-corrected chi connectivity index (χ4v) is 4.78. The molecule has 3 atom stereocenters. The van der Waals surface area contributed by atoms with Crippen molar-refractivity contribution in [2.75, 3.05) is 6.61 Å². The number of rotatable bonds is 2. The van der Waals surface area contributed by atoms with E-state index in [0.717, 1.165) is 12.3 Å². The monoisotopic (exact) mass is 281 g/mol. The number of fused-ring (bicyclic) bond motifs is 1. The predicted molar refractivity (Wildman–Crippen MR) is 77.7 cm³/mol. The van der Waals surface area contributed by atoms with Crippen molar-refractivity contribution < 1.29 is 9.53 Å². The smallest absolute Gasteiger partial charge is 0.302 e. The van der Waals surface area contributed by atoms with Crippen molar-refractivity contribution in [3.05, 3.63) is 12.2 Å². The van der Waals surface area contributed by atoms with Gasteiger partial charge in [0, 0.05) is 12.8 Å². The summed E-state index contributed by atoms with van der Waals surface area (Å²) in [5, 5.41) is 0. The van der Waals surface area contributed by atoms with Gasteiger partial charge in [-0.2, -0.15) is 0 Å². The van der Waals surface area contributed by atoms with Crippen LogP contribution in [0, 0.1) is 22.7 Å². The zero-order valence-electron chi connectivity index (χ0n) is 12.9. The van der Waals surface area contributed by atoms with Crippen LogP contribution in [-0.2, 0) is 9.53 Å². The Morgan fingerprint density at radius 3 is 2.68 bits per heavy atom. The van der Waals surface area contributed by atoms with Gasteiger partial charge in [-0.05, 0) is 42.4 Å². The van der Waals surface area contributed by atoms with Gasteiger partial charge in [0.25, 0.3) is 0 Å². The van der Waals surface area contributed by atoms with Gasteiger partial charge in [-0.1, -0.05) is 39.3 Å². The van der Waals surface area contributed by atoms with Crippen LogP contribution in [0.1, 0.15) is 59.8 Å². The molecule has 108 valence electrons. The van der Waals surface area contributed by atoms with Crippen LogP contribution in [0.2, 0.25) is 0 Å². The second-order valence-electron chi connectivity index (χ2n) is 7.45. The molecular weight excluding hydrogens is 253 g/mol. The predicted octanol–water partition coefficient (Wildman–Crippen LogP) is 4.35. The summed E-state index contributed by atoms with van der Waals surface area (Å²) in [6, 6.07) is 0. The van der Waals surface area contributed by atoms with E-state index in [1.165, 1.54) is 38.2 Å². The summed E-state index contributed by atoms with van der Waals surface area (Å²) >= 11 is 0. The lowest BCUT2D eigenvalue weighted by molar-refractivity contribution is -0.146. The molecule has 0 spiro atoms. The van der Waals surface area contributed by atoms with E-state index in [1.54, 1.807) is 0 Å². The van der Waals surface area contributed by atoms with Crippen LogP contribution in [-0.4, -0.2) is 12.6 Å². The Balaban J connectivity index is 2.24. The van der Waals surface area contributed by atoms with Crippen molar-refractivity contribution in [2.24, 2.45) is 22.7 Å². The molecule has 3 unspecified atom stereocenters. The van der Waals surface area contributed by atoms with E-state index in [9.17, 15) is 4.79 Å². The first-order valence-corrected chi connectivity index (χ1v) is 7.58. The highest BCUT2D eigenvalue weighted by Gasteiger charge is 2.53. The molecule has 0 bridgehead atoms. The molecule has 0 N–H and O–H groups in total. The first-order chi connectivity index (χ1) is 8.77. The topological polar surface area (TPSA) is 26.3 Å². The van der Waals surface area contributed by atoms with Crippen molar-refractivity contribution in [3.8, 4) is 0 Å². The van der Waals surface area contributed by atoms with Gasteiger partial charge in [0.2, 0.25) is 0 Å². The fourth-order valence-electron chi connectivity index (χ4n) is 4.78. The Hall–Kier alpha value is -0.790. The van der Waals surface area contributed by atoms with Gasteiger partial charge < -0.3 is 4.74 Å². The molecule has 2 aliphatic carbocycles. The number of carbonyl (C=O) groups is 1. The second-order valence-corrected chi connectivity index (χ2v) is 7.45. The largest absolute Gasteiger partial charge is 0.465 e. The molecule has 0 heterocycles. The molecule has 0 aromatic carbocycles. The second kappa shape index (κ2) is 4.96. The lowest BCUT2D eigenvalue weighted by atomic mass is 10.5. The van der Waals surface area contributed by atoms with Crippen molar-refractivity contribution in [2.45, 2.75) is 59.8 Å². The molecule has 2 aliphatic rings. The molecule has 2 nitrogen and oxygen atoms in total. The maximum atomic E-state index is 11.1. The maximum Gasteiger partial charge on any atom is 0.302 e. The minimum Gasteiger partial charge on any atom is -0.465 e. The highest BCUT2D eigenvalue weighted by Crippen LogP contribution is 2.60. The Kier molecular flexibility index (Phi) is 3.81. The number of hydrogen-bond donors (Lipinski definition) is 0. The van der Waals surface area contributed by atoms with Crippen LogP contribution in [0.5, 0.6) is 0 Å². The van der Waals surface area contributed by atoms with Crippen LogP contribution in [0.3, 0.4) is 0 Å². The fraction of sp³-hybridized carbons (Fsp3) is 0.824. The van der Waals surface area contributed by atoms with E-state index in [-0.39, 0.29) is 11.4 Å². The third-order valence-electron chi connectivity index (χ3n) is 5.77. The lowest BCUT2D eigenvalue weighted by Crippen LogP contribution is -2.50. The summed E-state index contributed by atoms with van der Waals surface area (Å²) in [5.74, 6) is 0.892. The van der Waals surface area contributed by atoms with Gasteiger partial charge in [-0.15, -0.1) is 0 Å². The Morgan fingerprint density at radius 1 is 1.37 bits per heavy atom. The summed E-state index contributed by atoms with van der Waals surface area (Å²) in [5.41, 5.74) is 1.95. The van der Waals surface area contributed by atoms with Crippen molar-refractivity contribution in [1.29, 1.82) is 0 Å². The van der Waals surface area contributed by atoms with Gasteiger partial charge in [0.05, 0.1) is 6.61 Å². The first-order valence-electron chi connectivity index (χ1n) is 7.58. The molecular formula is C17H28O2. The summed E-state index contributed by atoms with van der Waals surface area (Å²) in [7, 11) is 0. The van der Waals surface area contributed by atoms with Crippen molar-refractivity contribution >= 4 is 5.97 Å². The van der Waals surface area contributed by atoms with Crippen LogP contribution in [0.15, 0.2) is 12.2 Å². The van der Waals surface area contributed by atoms with Gasteiger partial charge in [-0.25, -0.2) is 0 Å². The van der Waals surface area contributed by atoms with E-state index < -0.39 is 0 Å².